The molecule has 5 aromatic rings. The monoisotopic (exact) mass is 590 g/mol. The van der Waals surface area contributed by atoms with E-state index in [0.717, 1.165) is 27.7 Å². The van der Waals surface area contributed by atoms with Crippen molar-refractivity contribution in [3.8, 4) is 6.07 Å². The van der Waals surface area contributed by atoms with Gasteiger partial charge in [0.05, 0.1) is 17.1 Å². The highest BCUT2D eigenvalue weighted by atomic mass is 16.2. The predicted octanol–water partition coefficient (Wildman–Crippen LogP) is 10.2. The third kappa shape index (κ3) is 11.9. The molecule has 0 fully saturated rings. The van der Waals surface area contributed by atoms with Gasteiger partial charge in [-0.05, 0) is 86.6 Å². The van der Waals surface area contributed by atoms with Crippen LogP contribution < -0.4 is 10.6 Å². The smallest absolute Gasteiger partial charge is 0.255 e. The second kappa shape index (κ2) is 19.0. The van der Waals surface area contributed by atoms with E-state index in [4.69, 9.17) is 5.26 Å². The van der Waals surface area contributed by atoms with E-state index in [-0.39, 0.29) is 14.7 Å². The summed E-state index contributed by atoms with van der Waals surface area (Å²) in [7, 11) is 0. The van der Waals surface area contributed by atoms with Gasteiger partial charge in [0, 0.05) is 36.9 Å². The Morgan fingerprint density at radius 1 is 0.682 bits per heavy atom. The minimum absolute atomic E-state index is 0. The van der Waals surface area contributed by atoms with Crippen LogP contribution in [0.3, 0.4) is 0 Å². The van der Waals surface area contributed by atoms with E-state index >= 15 is 0 Å². The highest BCUT2D eigenvalue weighted by Gasteiger charge is 2.07. The molecule has 0 saturated heterocycles. The summed E-state index contributed by atoms with van der Waals surface area (Å²) in [6.07, 6.45) is 4.26. The van der Waals surface area contributed by atoms with Gasteiger partial charge in [-0.2, -0.15) is 5.26 Å². The fourth-order valence-corrected chi connectivity index (χ4v) is 3.76. The molecule has 0 unspecified atom stereocenters. The highest BCUT2D eigenvalue weighted by molar-refractivity contribution is 6.05. The molecule has 0 saturated carbocycles. The van der Waals surface area contributed by atoms with Gasteiger partial charge in [-0.25, -0.2) is 0 Å². The molecule has 0 atom stereocenters. The summed E-state index contributed by atoms with van der Waals surface area (Å²) in [5.74, 6) is -0.250. The Morgan fingerprint density at radius 2 is 1.18 bits per heavy atom. The summed E-state index contributed by atoms with van der Waals surface area (Å²) in [5.41, 5.74) is 6.35. The molecule has 1 aromatic heterocycles. The first kappa shape index (κ1) is 34.9. The SMILES string of the molecule is CCC.CCC.Cc1cccc(C(=O)Nc2ccc(C#N)cc2)c1.Cc1cccc(C(=O)Nc2ccc3ncccc3c2)c1.[HH].[HH]. The molecule has 230 valence electrons. The van der Waals surface area contributed by atoms with Crippen molar-refractivity contribution >= 4 is 34.1 Å². The Bertz CT molecular complexity index is 1680. The second-order valence-electron chi connectivity index (χ2n) is 10.2. The average Bonchev–Trinajstić information content (AvgIpc) is 3.02. The van der Waals surface area contributed by atoms with Gasteiger partial charge in [-0.15, -0.1) is 0 Å². The van der Waals surface area contributed by atoms with E-state index in [1.807, 2.05) is 92.7 Å². The minimum Gasteiger partial charge on any atom is -0.322 e. The van der Waals surface area contributed by atoms with E-state index in [0.29, 0.717) is 22.4 Å². The van der Waals surface area contributed by atoms with E-state index in [2.05, 4.69) is 43.3 Å². The van der Waals surface area contributed by atoms with Crippen molar-refractivity contribution in [3.05, 3.63) is 137 Å². The predicted molar refractivity (Wildman–Crippen MR) is 187 cm³/mol. The zero-order valence-corrected chi connectivity index (χ0v) is 26.5. The summed E-state index contributed by atoms with van der Waals surface area (Å²) in [6.45, 7) is 12.4. The molecular weight excluding hydrogens is 544 g/mol. The number of aryl methyl sites for hydroxylation is 2. The third-order valence-electron chi connectivity index (χ3n) is 5.69. The lowest BCUT2D eigenvalue weighted by molar-refractivity contribution is 0.101. The Kier molecular flexibility index (Phi) is 15.1. The number of benzene rings is 4. The van der Waals surface area contributed by atoms with Crippen molar-refractivity contribution in [2.75, 3.05) is 10.6 Å². The Balaban J connectivity index is 0.000000728. The van der Waals surface area contributed by atoms with Gasteiger partial charge < -0.3 is 10.6 Å². The summed E-state index contributed by atoms with van der Waals surface area (Å²) in [4.78, 5) is 28.4. The van der Waals surface area contributed by atoms with Crippen LogP contribution in [0, 0.1) is 25.2 Å². The number of carbonyl (C=O) groups is 2. The molecule has 0 spiro atoms. The molecule has 2 amide bonds. The van der Waals surface area contributed by atoms with Crippen molar-refractivity contribution in [2.24, 2.45) is 0 Å². The second-order valence-corrected chi connectivity index (χ2v) is 10.2. The number of nitrogens with one attached hydrogen (secondary N) is 2. The van der Waals surface area contributed by atoms with Crippen LogP contribution >= 0.6 is 0 Å². The molecule has 6 heteroatoms. The first-order valence-electron chi connectivity index (χ1n) is 14.8. The fraction of sp³-hybridized carbons (Fsp3) is 0.211. The van der Waals surface area contributed by atoms with Crippen LogP contribution in [0.15, 0.2) is 109 Å². The molecule has 0 aliphatic rings. The Hall–Kier alpha value is -5.28. The van der Waals surface area contributed by atoms with Crippen LogP contribution in [-0.4, -0.2) is 16.8 Å². The van der Waals surface area contributed by atoms with Gasteiger partial charge in [0.25, 0.3) is 11.8 Å². The highest BCUT2D eigenvalue weighted by Crippen LogP contribution is 2.18. The largest absolute Gasteiger partial charge is 0.322 e. The molecule has 44 heavy (non-hydrogen) atoms. The van der Waals surface area contributed by atoms with Crippen LogP contribution in [0.2, 0.25) is 0 Å². The van der Waals surface area contributed by atoms with Gasteiger partial charge in [0.1, 0.15) is 0 Å². The van der Waals surface area contributed by atoms with Gasteiger partial charge in [0.15, 0.2) is 0 Å². The lowest BCUT2D eigenvalue weighted by Crippen LogP contribution is -2.11. The normalized spacial score (nSPS) is 9.48. The number of hydrogen-bond donors (Lipinski definition) is 2. The molecule has 0 aliphatic heterocycles. The molecule has 0 radical (unpaired) electrons. The van der Waals surface area contributed by atoms with E-state index in [1.165, 1.54) is 12.8 Å². The molecular formula is C38H46N4O2. The molecule has 5 rings (SSSR count). The topological polar surface area (TPSA) is 94.9 Å². The van der Waals surface area contributed by atoms with Crippen LogP contribution in [0.4, 0.5) is 11.4 Å². The van der Waals surface area contributed by atoms with Crippen molar-refractivity contribution in [1.29, 1.82) is 5.26 Å². The minimum atomic E-state index is -0.150. The maximum atomic E-state index is 12.2. The number of fused-ring (bicyclic) bond motifs is 1. The van der Waals surface area contributed by atoms with Crippen LogP contribution in [0.5, 0.6) is 0 Å². The number of hydrogen-bond acceptors (Lipinski definition) is 4. The Morgan fingerprint density at radius 3 is 1.68 bits per heavy atom. The lowest BCUT2D eigenvalue weighted by Gasteiger charge is -2.07. The van der Waals surface area contributed by atoms with E-state index < -0.39 is 0 Å². The van der Waals surface area contributed by atoms with Gasteiger partial charge in [-0.3, -0.25) is 14.6 Å². The molecule has 0 aliphatic carbocycles. The summed E-state index contributed by atoms with van der Waals surface area (Å²) in [6, 6.07) is 33.3. The van der Waals surface area contributed by atoms with Crippen molar-refractivity contribution in [1.82, 2.24) is 4.98 Å². The summed E-state index contributed by atoms with van der Waals surface area (Å²) >= 11 is 0. The first-order chi connectivity index (χ1) is 21.2. The maximum absolute atomic E-state index is 12.2. The number of pyridine rings is 1. The number of nitriles is 1. The van der Waals surface area contributed by atoms with Crippen molar-refractivity contribution in [3.63, 3.8) is 0 Å². The average molecular weight is 591 g/mol. The number of amides is 2. The number of rotatable bonds is 4. The standard InChI is InChI=1S/C17H14N2O.C15H12N2O.2C3H8.2H2/c1-12-4-2-5-14(10-12)17(20)19-15-7-8-16-13(11-15)6-3-9-18-16;1-11-3-2-4-13(9-11)15(18)17-14-7-5-12(10-16)6-8-14;2*1-3-2;;/h2-11H,1H3,(H,19,20);2-9H,1H3,(H,17,18);2*3H2,1-2H3;2*1H. The summed E-state index contributed by atoms with van der Waals surface area (Å²) < 4.78 is 0. The third-order valence-corrected chi connectivity index (χ3v) is 5.69. The van der Waals surface area contributed by atoms with Gasteiger partial charge in [-0.1, -0.05) is 82.0 Å². The zero-order chi connectivity index (χ0) is 32.3. The number of aromatic nitrogens is 1. The molecule has 0 bridgehead atoms. The van der Waals surface area contributed by atoms with Crippen molar-refractivity contribution in [2.45, 2.75) is 54.4 Å². The lowest BCUT2D eigenvalue weighted by atomic mass is 10.1. The van der Waals surface area contributed by atoms with Crippen molar-refractivity contribution < 1.29 is 12.4 Å². The van der Waals surface area contributed by atoms with Gasteiger partial charge in [0.2, 0.25) is 0 Å². The molecule has 1 heterocycles. The number of nitrogens with zero attached hydrogens (tertiary/aromatic N) is 2. The molecule has 6 nitrogen and oxygen atoms in total. The van der Waals surface area contributed by atoms with Crippen LogP contribution in [0.25, 0.3) is 10.9 Å². The maximum Gasteiger partial charge on any atom is 0.255 e. The van der Waals surface area contributed by atoms with E-state index in [9.17, 15) is 9.59 Å². The number of carbonyl (C=O) groups excluding carboxylic acids is 2. The zero-order valence-electron chi connectivity index (χ0n) is 26.5. The van der Waals surface area contributed by atoms with E-state index in [1.54, 1.807) is 36.5 Å². The van der Waals surface area contributed by atoms with Gasteiger partial charge >= 0.3 is 0 Å². The van der Waals surface area contributed by atoms with Crippen LogP contribution in [0.1, 0.15) is 80.8 Å². The molecule has 2 N–H and O–H groups in total. The Labute approximate surface area is 264 Å². The molecule has 4 aromatic carbocycles. The quantitative estimate of drug-likeness (QED) is 0.218. The fourth-order valence-electron chi connectivity index (χ4n) is 3.76. The summed E-state index contributed by atoms with van der Waals surface area (Å²) in [5, 5.41) is 15.4. The van der Waals surface area contributed by atoms with Crippen LogP contribution in [-0.2, 0) is 0 Å². The number of anilines is 2. The first-order valence-corrected chi connectivity index (χ1v) is 14.8.